The molecule has 0 aliphatic carbocycles. The smallest absolute Gasteiger partial charge is 0.167 e. The summed E-state index contributed by atoms with van der Waals surface area (Å²) >= 11 is 0. The Bertz CT molecular complexity index is 651. The second-order valence-electron chi connectivity index (χ2n) is 4.76. The lowest BCUT2D eigenvalue weighted by atomic mass is 10.1. The third kappa shape index (κ3) is 2.00. The van der Waals surface area contributed by atoms with Crippen LogP contribution in [0.2, 0.25) is 0 Å². The predicted molar refractivity (Wildman–Crippen MR) is 68.3 cm³/mol. The van der Waals surface area contributed by atoms with E-state index in [4.69, 9.17) is 0 Å². The number of rotatable bonds is 1. The summed E-state index contributed by atoms with van der Waals surface area (Å²) in [5.74, 6) is -0.273. The van der Waals surface area contributed by atoms with Gasteiger partial charge in [-0.25, -0.2) is 9.07 Å². The number of fused-ring (bicyclic) bond motifs is 1. The first kappa shape index (κ1) is 11.9. The molecule has 1 aliphatic heterocycles. The van der Waals surface area contributed by atoms with Crippen LogP contribution in [0.3, 0.4) is 0 Å². The lowest BCUT2D eigenvalue weighted by Gasteiger charge is -2.23. The highest BCUT2D eigenvalue weighted by Crippen LogP contribution is 2.24. The van der Waals surface area contributed by atoms with E-state index in [1.807, 2.05) is 7.05 Å². The van der Waals surface area contributed by atoms with Crippen LogP contribution in [0.5, 0.6) is 0 Å². The molecule has 2 aromatic rings. The highest BCUT2D eigenvalue weighted by molar-refractivity contribution is 5.42. The van der Waals surface area contributed by atoms with Gasteiger partial charge in [0.2, 0.25) is 0 Å². The Kier molecular flexibility index (Phi) is 2.80. The van der Waals surface area contributed by atoms with E-state index in [1.54, 1.807) is 16.8 Å². The quantitative estimate of drug-likeness (QED) is 0.782. The number of benzene rings is 1. The van der Waals surface area contributed by atoms with E-state index in [2.05, 4.69) is 16.1 Å². The Balaban J connectivity index is 2.13. The Morgan fingerprint density at radius 2 is 2.05 bits per heavy atom. The standard InChI is InChI=1S/C14H13FN4/c1-18-7-6-14-12(9-18)13(8-16)17-19(14)11-4-2-10(15)3-5-11/h2-5H,6-7,9H2,1H3. The largest absolute Gasteiger partial charge is 0.302 e. The molecule has 0 saturated heterocycles. The van der Waals surface area contributed by atoms with Gasteiger partial charge in [0.25, 0.3) is 0 Å². The molecule has 1 aromatic heterocycles. The van der Waals surface area contributed by atoms with Crippen LogP contribution in [0, 0.1) is 17.1 Å². The molecule has 0 atom stereocenters. The summed E-state index contributed by atoms with van der Waals surface area (Å²) in [5.41, 5.74) is 3.30. The Hall–Kier alpha value is -2.19. The molecule has 19 heavy (non-hydrogen) atoms. The molecule has 0 bridgehead atoms. The minimum atomic E-state index is -0.273. The molecule has 2 heterocycles. The first-order valence-corrected chi connectivity index (χ1v) is 6.14. The van der Waals surface area contributed by atoms with Gasteiger partial charge < -0.3 is 4.90 Å². The van der Waals surface area contributed by atoms with E-state index in [-0.39, 0.29) is 5.82 Å². The maximum atomic E-state index is 13.0. The van der Waals surface area contributed by atoms with Gasteiger partial charge in [-0.3, -0.25) is 0 Å². The fraction of sp³-hybridized carbons (Fsp3) is 0.286. The predicted octanol–water partition coefficient (Wildman–Crippen LogP) is 1.87. The van der Waals surface area contributed by atoms with Crippen molar-refractivity contribution in [2.24, 2.45) is 0 Å². The molecule has 5 heteroatoms. The molecular formula is C14H13FN4. The molecule has 0 amide bonds. The van der Waals surface area contributed by atoms with E-state index < -0.39 is 0 Å². The summed E-state index contributed by atoms with van der Waals surface area (Å²) in [6.45, 7) is 1.67. The zero-order valence-electron chi connectivity index (χ0n) is 10.6. The number of hydrogen-bond donors (Lipinski definition) is 0. The van der Waals surface area contributed by atoms with E-state index in [9.17, 15) is 9.65 Å². The van der Waals surface area contributed by atoms with Crippen LogP contribution in [0.25, 0.3) is 5.69 Å². The molecule has 0 spiro atoms. The van der Waals surface area contributed by atoms with Crippen molar-refractivity contribution in [3.63, 3.8) is 0 Å². The third-order valence-electron chi connectivity index (χ3n) is 3.43. The molecule has 3 rings (SSSR count). The fourth-order valence-corrected chi connectivity index (χ4v) is 2.44. The number of nitrogens with zero attached hydrogens (tertiary/aromatic N) is 4. The summed E-state index contributed by atoms with van der Waals surface area (Å²) in [7, 11) is 2.03. The van der Waals surface area contributed by atoms with Gasteiger partial charge in [0.05, 0.1) is 11.4 Å². The zero-order chi connectivity index (χ0) is 13.4. The lowest BCUT2D eigenvalue weighted by molar-refractivity contribution is 0.310. The molecule has 4 nitrogen and oxygen atoms in total. The summed E-state index contributed by atoms with van der Waals surface area (Å²) in [6.07, 6.45) is 0.845. The minimum absolute atomic E-state index is 0.273. The van der Waals surface area contributed by atoms with Crippen molar-refractivity contribution in [2.75, 3.05) is 13.6 Å². The summed E-state index contributed by atoms with van der Waals surface area (Å²) < 4.78 is 14.7. The van der Waals surface area contributed by atoms with Crippen molar-refractivity contribution >= 4 is 0 Å². The fourth-order valence-electron chi connectivity index (χ4n) is 2.44. The molecule has 0 radical (unpaired) electrons. The average Bonchev–Trinajstić information content (AvgIpc) is 2.77. The second kappa shape index (κ2) is 4.48. The first-order valence-electron chi connectivity index (χ1n) is 6.14. The van der Waals surface area contributed by atoms with Gasteiger partial charge in [0.15, 0.2) is 5.69 Å². The van der Waals surface area contributed by atoms with Crippen molar-refractivity contribution in [1.82, 2.24) is 14.7 Å². The van der Waals surface area contributed by atoms with Crippen molar-refractivity contribution in [3.05, 3.63) is 47.0 Å². The molecular weight excluding hydrogens is 243 g/mol. The van der Waals surface area contributed by atoms with Crippen molar-refractivity contribution < 1.29 is 4.39 Å². The Labute approximate surface area is 110 Å². The summed E-state index contributed by atoms with van der Waals surface area (Å²) in [6, 6.07) is 8.32. The van der Waals surface area contributed by atoms with Gasteiger partial charge in [0.1, 0.15) is 11.9 Å². The molecule has 1 aliphatic rings. The minimum Gasteiger partial charge on any atom is -0.302 e. The van der Waals surface area contributed by atoms with Gasteiger partial charge in [0, 0.05) is 25.1 Å². The first-order chi connectivity index (χ1) is 9.19. The maximum absolute atomic E-state index is 13.0. The van der Waals surface area contributed by atoms with Crippen molar-refractivity contribution in [1.29, 1.82) is 5.26 Å². The molecule has 0 unspecified atom stereocenters. The molecule has 0 N–H and O–H groups in total. The van der Waals surface area contributed by atoms with Gasteiger partial charge in [-0.1, -0.05) is 0 Å². The van der Waals surface area contributed by atoms with Crippen molar-refractivity contribution in [2.45, 2.75) is 13.0 Å². The number of halogens is 1. The van der Waals surface area contributed by atoms with Crippen LogP contribution in [0.15, 0.2) is 24.3 Å². The van der Waals surface area contributed by atoms with Gasteiger partial charge in [-0.15, -0.1) is 0 Å². The molecule has 96 valence electrons. The Morgan fingerprint density at radius 3 is 2.74 bits per heavy atom. The lowest BCUT2D eigenvalue weighted by Crippen LogP contribution is -2.27. The van der Waals surface area contributed by atoms with Crippen LogP contribution >= 0.6 is 0 Å². The highest BCUT2D eigenvalue weighted by Gasteiger charge is 2.23. The zero-order valence-corrected chi connectivity index (χ0v) is 10.6. The van der Waals surface area contributed by atoms with Crippen LogP contribution in [0.4, 0.5) is 4.39 Å². The van der Waals surface area contributed by atoms with Gasteiger partial charge >= 0.3 is 0 Å². The van der Waals surface area contributed by atoms with E-state index in [1.165, 1.54) is 12.1 Å². The van der Waals surface area contributed by atoms with Crippen LogP contribution in [0.1, 0.15) is 17.0 Å². The summed E-state index contributed by atoms with van der Waals surface area (Å²) in [5, 5.41) is 13.5. The SMILES string of the molecule is CN1CCc2c(c(C#N)nn2-c2ccc(F)cc2)C1. The molecule has 0 saturated carbocycles. The Morgan fingerprint density at radius 1 is 1.32 bits per heavy atom. The summed E-state index contributed by atoms with van der Waals surface area (Å²) in [4.78, 5) is 2.17. The van der Waals surface area contributed by atoms with Crippen LogP contribution in [-0.4, -0.2) is 28.3 Å². The van der Waals surface area contributed by atoms with Crippen LogP contribution in [-0.2, 0) is 13.0 Å². The molecule has 0 fully saturated rings. The van der Waals surface area contributed by atoms with Gasteiger partial charge in [-0.05, 0) is 31.3 Å². The normalized spacial score (nSPS) is 15.0. The topological polar surface area (TPSA) is 44.9 Å². The number of nitriles is 1. The monoisotopic (exact) mass is 256 g/mol. The maximum Gasteiger partial charge on any atom is 0.167 e. The molecule has 1 aromatic carbocycles. The van der Waals surface area contributed by atoms with E-state index >= 15 is 0 Å². The average molecular weight is 256 g/mol. The third-order valence-corrected chi connectivity index (χ3v) is 3.43. The van der Waals surface area contributed by atoms with Gasteiger partial charge in [-0.2, -0.15) is 10.4 Å². The number of aromatic nitrogens is 2. The van der Waals surface area contributed by atoms with Crippen LogP contribution < -0.4 is 0 Å². The second-order valence-corrected chi connectivity index (χ2v) is 4.76. The number of likely N-dealkylation sites (N-methyl/N-ethyl adjacent to an activating group) is 1. The number of hydrogen-bond acceptors (Lipinski definition) is 3. The highest BCUT2D eigenvalue weighted by atomic mass is 19.1. The van der Waals surface area contributed by atoms with Crippen molar-refractivity contribution in [3.8, 4) is 11.8 Å². The van der Waals surface area contributed by atoms with E-state index in [0.29, 0.717) is 5.69 Å². The van der Waals surface area contributed by atoms with E-state index in [0.717, 1.165) is 36.5 Å².